The van der Waals surface area contributed by atoms with Crippen LogP contribution in [0.2, 0.25) is 0 Å². The molecule has 27 heavy (non-hydrogen) atoms. The number of oxazole rings is 1. The number of aromatic nitrogens is 5. The van der Waals surface area contributed by atoms with Crippen LogP contribution >= 0.6 is 0 Å². The lowest BCUT2D eigenvalue weighted by molar-refractivity contribution is 0.0723. The summed E-state index contributed by atoms with van der Waals surface area (Å²) < 4.78 is 14.1. The number of methoxy groups -OCH3 is 1. The lowest BCUT2D eigenvalue weighted by Crippen LogP contribution is -2.37. The molecule has 9 heteroatoms. The fourth-order valence-electron chi connectivity index (χ4n) is 3.47. The molecule has 4 heterocycles. The molecule has 0 radical (unpaired) electrons. The van der Waals surface area contributed by atoms with E-state index in [0.717, 1.165) is 36.3 Å². The molecule has 1 amide bonds. The van der Waals surface area contributed by atoms with Crippen molar-refractivity contribution in [1.29, 1.82) is 0 Å². The number of ether oxygens (including phenoxy) is 1. The van der Waals surface area contributed by atoms with Crippen molar-refractivity contribution < 1.29 is 13.9 Å². The van der Waals surface area contributed by atoms with Gasteiger partial charge in [-0.3, -0.25) is 9.48 Å². The van der Waals surface area contributed by atoms with Gasteiger partial charge < -0.3 is 18.6 Å². The van der Waals surface area contributed by atoms with Crippen LogP contribution in [0.1, 0.15) is 28.2 Å². The van der Waals surface area contributed by atoms with Gasteiger partial charge in [0, 0.05) is 51.5 Å². The topological polar surface area (TPSA) is 91.2 Å². The normalized spacial score (nSPS) is 13.8. The van der Waals surface area contributed by atoms with Gasteiger partial charge >= 0.3 is 0 Å². The first-order valence-corrected chi connectivity index (χ1v) is 8.90. The number of hydrogen-bond acceptors (Lipinski definition) is 6. The molecular weight excluding hydrogens is 348 g/mol. The van der Waals surface area contributed by atoms with Crippen LogP contribution in [-0.4, -0.2) is 55.4 Å². The number of rotatable bonds is 6. The van der Waals surface area contributed by atoms with Crippen molar-refractivity contribution in [2.45, 2.75) is 25.9 Å². The van der Waals surface area contributed by atoms with Crippen molar-refractivity contribution in [3.63, 3.8) is 0 Å². The fourth-order valence-corrected chi connectivity index (χ4v) is 3.47. The highest BCUT2D eigenvalue weighted by Gasteiger charge is 2.30. The van der Waals surface area contributed by atoms with Crippen molar-refractivity contribution in [1.82, 2.24) is 29.2 Å². The Morgan fingerprint density at radius 3 is 3.00 bits per heavy atom. The van der Waals surface area contributed by atoms with Gasteiger partial charge in [-0.05, 0) is 6.42 Å². The summed E-state index contributed by atoms with van der Waals surface area (Å²) in [6.45, 7) is 2.58. The fraction of sp³-hybridized carbons (Fsp3) is 0.444. The van der Waals surface area contributed by atoms with Crippen molar-refractivity contribution in [3.8, 4) is 11.4 Å². The summed E-state index contributed by atoms with van der Waals surface area (Å²) in [5.41, 5.74) is 4.22. The molecule has 3 aromatic heterocycles. The van der Waals surface area contributed by atoms with E-state index in [9.17, 15) is 4.79 Å². The Bertz CT molecular complexity index is 927. The van der Waals surface area contributed by atoms with E-state index in [1.807, 2.05) is 16.6 Å². The van der Waals surface area contributed by atoms with Gasteiger partial charge in [-0.15, -0.1) is 0 Å². The zero-order valence-corrected chi connectivity index (χ0v) is 15.5. The monoisotopic (exact) mass is 370 g/mol. The second-order valence-electron chi connectivity index (χ2n) is 6.58. The number of fused-ring (bicyclic) bond motifs is 1. The average molecular weight is 370 g/mol. The maximum atomic E-state index is 12.9. The molecule has 0 N–H and O–H groups in total. The molecule has 1 aliphatic heterocycles. The first-order valence-electron chi connectivity index (χ1n) is 8.90. The van der Waals surface area contributed by atoms with Crippen LogP contribution in [-0.2, 0) is 31.3 Å². The minimum absolute atomic E-state index is 0.0288. The Balaban J connectivity index is 1.65. The van der Waals surface area contributed by atoms with E-state index in [0.29, 0.717) is 31.1 Å². The van der Waals surface area contributed by atoms with Gasteiger partial charge in [0.2, 0.25) is 0 Å². The summed E-state index contributed by atoms with van der Waals surface area (Å²) >= 11 is 0. The number of carbonyl (C=O) groups is 1. The van der Waals surface area contributed by atoms with Crippen LogP contribution in [0, 0.1) is 0 Å². The standard InChI is InChI=1S/C18H22N6O3/c1-22-11-19-8-16(22)18(25)23-6-4-15-13(9-23)17(14-10-27-12-20-14)21-24(15)5-3-7-26-2/h8,10-12H,3-7,9H2,1-2H3. The van der Waals surface area contributed by atoms with Crippen LogP contribution in [0.15, 0.2) is 29.6 Å². The van der Waals surface area contributed by atoms with Gasteiger partial charge in [-0.1, -0.05) is 0 Å². The number of nitrogens with zero attached hydrogens (tertiary/aromatic N) is 6. The Morgan fingerprint density at radius 2 is 2.30 bits per heavy atom. The van der Waals surface area contributed by atoms with Gasteiger partial charge in [0.05, 0.1) is 19.1 Å². The smallest absolute Gasteiger partial charge is 0.272 e. The molecule has 0 aliphatic carbocycles. The van der Waals surface area contributed by atoms with Gasteiger partial charge in [-0.2, -0.15) is 5.10 Å². The second-order valence-corrected chi connectivity index (χ2v) is 6.58. The third kappa shape index (κ3) is 3.25. The summed E-state index contributed by atoms with van der Waals surface area (Å²) in [5, 5.41) is 4.76. The van der Waals surface area contributed by atoms with Gasteiger partial charge in [0.15, 0.2) is 6.39 Å². The van der Waals surface area contributed by atoms with E-state index < -0.39 is 0 Å². The molecule has 4 rings (SSSR count). The summed E-state index contributed by atoms with van der Waals surface area (Å²) in [4.78, 5) is 23.0. The van der Waals surface area contributed by atoms with E-state index >= 15 is 0 Å². The number of aryl methyl sites for hydroxylation is 2. The predicted octanol–water partition coefficient (Wildman–Crippen LogP) is 1.51. The first-order chi connectivity index (χ1) is 13.2. The third-order valence-electron chi connectivity index (χ3n) is 4.85. The Kier molecular flexibility index (Phi) is 4.76. The lowest BCUT2D eigenvalue weighted by atomic mass is 10.0. The maximum absolute atomic E-state index is 12.9. The highest BCUT2D eigenvalue weighted by molar-refractivity contribution is 5.92. The van der Waals surface area contributed by atoms with Gasteiger partial charge in [-0.25, -0.2) is 9.97 Å². The number of hydrogen-bond donors (Lipinski definition) is 0. The summed E-state index contributed by atoms with van der Waals surface area (Å²) in [6, 6.07) is 0. The van der Waals surface area contributed by atoms with Crippen molar-refractivity contribution in [2.75, 3.05) is 20.3 Å². The molecule has 0 unspecified atom stereocenters. The molecule has 0 spiro atoms. The number of amides is 1. The second kappa shape index (κ2) is 7.36. The van der Waals surface area contributed by atoms with Gasteiger partial charge in [0.1, 0.15) is 23.3 Å². The SMILES string of the molecule is COCCCn1nc(-c2cocn2)c2c1CCN(C(=O)c1cncn1C)C2. The van der Waals surface area contributed by atoms with E-state index in [2.05, 4.69) is 9.97 Å². The molecule has 0 bridgehead atoms. The summed E-state index contributed by atoms with van der Waals surface area (Å²) in [5.74, 6) is -0.0288. The molecule has 0 atom stereocenters. The third-order valence-corrected chi connectivity index (χ3v) is 4.85. The van der Waals surface area contributed by atoms with E-state index in [4.69, 9.17) is 14.3 Å². The summed E-state index contributed by atoms with van der Waals surface area (Å²) in [6.07, 6.45) is 7.84. The zero-order chi connectivity index (χ0) is 18.8. The van der Waals surface area contributed by atoms with Crippen molar-refractivity contribution >= 4 is 5.91 Å². The van der Waals surface area contributed by atoms with E-state index in [1.54, 1.807) is 30.5 Å². The molecule has 0 aromatic carbocycles. The minimum Gasteiger partial charge on any atom is -0.451 e. The van der Waals surface area contributed by atoms with Crippen LogP contribution < -0.4 is 0 Å². The quantitative estimate of drug-likeness (QED) is 0.611. The van der Waals surface area contributed by atoms with Crippen LogP contribution in [0.3, 0.4) is 0 Å². The molecule has 142 valence electrons. The van der Waals surface area contributed by atoms with E-state index in [1.165, 1.54) is 6.39 Å². The largest absolute Gasteiger partial charge is 0.451 e. The molecule has 0 saturated heterocycles. The molecular formula is C18H22N6O3. The molecule has 3 aromatic rings. The molecule has 0 saturated carbocycles. The molecule has 9 nitrogen and oxygen atoms in total. The lowest BCUT2D eigenvalue weighted by Gasteiger charge is -2.28. The number of carbonyl (C=O) groups excluding carboxylic acids is 1. The first kappa shape index (κ1) is 17.5. The zero-order valence-electron chi connectivity index (χ0n) is 15.5. The van der Waals surface area contributed by atoms with E-state index in [-0.39, 0.29) is 5.91 Å². The summed E-state index contributed by atoms with van der Waals surface area (Å²) in [7, 11) is 3.52. The van der Waals surface area contributed by atoms with Crippen LogP contribution in [0.4, 0.5) is 0 Å². The highest BCUT2D eigenvalue weighted by Crippen LogP contribution is 2.30. The Labute approximate surface area is 156 Å². The van der Waals surface area contributed by atoms with Crippen molar-refractivity contribution in [2.24, 2.45) is 7.05 Å². The molecule has 1 aliphatic rings. The highest BCUT2D eigenvalue weighted by atomic mass is 16.5. The minimum atomic E-state index is -0.0288. The van der Waals surface area contributed by atoms with Gasteiger partial charge in [0.25, 0.3) is 5.91 Å². The Hall–Kier alpha value is -2.94. The number of imidazole rings is 1. The van der Waals surface area contributed by atoms with Crippen molar-refractivity contribution in [3.05, 3.63) is 42.1 Å². The maximum Gasteiger partial charge on any atom is 0.272 e. The molecule has 0 fully saturated rings. The van der Waals surface area contributed by atoms with Crippen LogP contribution in [0.25, 0.3) is 11.4 Å². The predicted molar refractivity (Wildman–Crippen MR) is 95.9 cm³/mol. The van der Waals surface area contributed by atoms with Crippen LogP contribution in [0.5, 0.6) is 0 Å². The Morgan fingerprint density at radius 1 is 1.41 bits per heavy atom. The average Bonchev–Trinajstić information content (AvgIpc) is 3.41.